The Labute approximate surface area is 91.0 Å². The Morgan fingerprint density at radius 1 is 1.69 bits per heavy atom. The highest BCUT2D eigenvalue weighted by Gasteiger charge is 2.14. The molecule has 0 radical (unpaired) electrons. The number of nitrogens with two attached hydrogens (primary N) is 1. The molecule has 0 aromatic carbocycles. The summed E-state index contributed by atoms with van der Waals surface area (Å²) in [4.78, 5) is 0. The smallest absolute Gasteiger partial charge is 0.0992 e. The summed E-state index contributed by atoms with van der Waals surface area (Å²) in [5.74, 6) is 7.84. The minimum absolute atomic E-state index is 0.124. The van der Waals surface area contributed by atoms with Crippen LogP contribution in [0.2, 0.25) is 8.67 Å². The SMILES string of the molecule is C#CCC(NN)c1cc(Cl)sc1Cl. The summed E-state index contributed by atoms with van der Waals surface area (Å²) in [6.45, 7) is 0. The van der Waals surface area contributed by atoms with E-state index < -0.39 is 0 Å². The van der Waals surface area contributed by atoms with Crippen LogP contribution in [0.4, 0.5) is 0 Å². The summed E-state index contributed by atoms with van der Waals surface area (Å²) >= 11 is 13.0. The van der Waals surface area contributed by atoms with Gasteiger partial charge in [-0.3, -0.25) is 11.3 Å². The van der Waals surface area contributed by atoms with Gasteiger partial charge in [-0.1, -0.05) is 23.2 Å². The Balaban J connectivity index is 2.91. The van der Waals surface area contributed by atoms with Gasteiger partial charge in [0.05, 0.1) is 14.7 Å². The lowest BCUT2D eigenvalue weighted by Crippen LogP contribution is -2.27. The number of rotatable bonds is 3. The summed E-state index contributed by atoms with van der Waals surface area (Å²) in [6, 6.07) is 1.65. The molecule has 0 aliphatic rings. The van der Waals surface area contributed by atoms with E-state index in [-0.39, 0.29) is 6.04 Å². The van der Waals surface area contributed by atoms with Crippen molar-refractivity contribution in [3.05, 3.63) is 20.3 Å². The predicted molar refractivity (Wildman–Crippen MR) is 57.9 cm³/mol. The fraction of sp³-hybridized carbons (Fsp3) is 0.250. The average molecular weight is 235 g/mol. The second-order valence-corrected chi connectivity index (χ2v) is 4.69. The fourth-order valence-electron chi connectivity index (χ4n) is 0.967. The quantitative estimate of drug-likeness (QED) is 0.480. The Morgan fingerprint density at radius 2 is 2.38 bits per heavy atom. The third-order valence-electron chi connectivity index (χ3n) is 1.58. The first-order chi connectivity index (χ1) is 6.19. The molecule has 0 bridgehead atoms. The van der Waals surface area contributed by atoms with Gasteiger partial charge in [0, 0.05) is 12.0 Å². The van der Waals surface area contributed by atoms with Crippen LogP contribution in [0.1, 0.15) is 18.0 Å². The Kier molecular flexibility index (Phi) is 4.04. The van der Waals surface area contributed by atoms with Crippen LogP contribution in [0.25, 0.3) is 0 Å². The van der Waals surface area contributed by atoms with Crippen LogP contribution in [0.3, 0.4) is 0 Å². The average Bonchev–Trinajstić information content (AvgIpc) is 2.41. The second kappa shape index (κ2) is 4.85. The Morgan fingerprint density at radius 3 is 2.77 bits per heavy atom. The van der Waals surface area contributed by atoms with Crippen LogP contribution in [0.5, 0.6) is 0 Å². The zero-order valence-electron chi connectivity index (χ0n) is 6.68. The first-order valence-electron chi connectivity index (χ1n) is 3.53. The van der Waals surface area contributed by atoms with Gasteiger partial charge < -0.3 is 0 Å². The molecule has 5 heteroatoms. The zero-order chi connectivity index (χ0) is 9.84. The van der Waals surface area contributed by atoms with Gasteiger partial charge in [0.2, 0.25) is 0 Å². The van der Waals surface area contributed by atoms with E-state index >= 15 is 0 Å². The fourth-order valence-corrected chi connectivity index (χ4v) is 2.55. The highest BCUT2D eigenvalue weighted by Crippen LogP contribution is 2.35. The molecule has 0 spiro atoms. The maximum atomic E-state index is 5.92. The molecule has 0 aliphatic carbocycles. The minimum Gasteiger partial charge on any atom is -0.271 e. The summed E-state index contributed by atoms with van der Waals surface area (Å²) < 4.78 is 1.26. The first kappa shape index (κ1) is 10.8. The second-order valence-electron chi connectivity index (χ2n) is 2.41. The van der Waals surface area contributed by atoms with E-state index in [0.29, 0.717) is 15.1 Å². The molecule has 1 aromatic heterocycles. The van der Waals surface area contributed by atoms with Crippen LogP contribution >= 0.6 is 34.5 Å². The Bertz CT molecular complexity index is 329. The lowest BCUT2D eigenvalue weighted by Gasteiger charge is -2.11. The van der Waals surface area contributed by atoms with Gasteiger partial charge in [-0.2, -0.15) is 0 Å². The predicted octanol–water partition coefficient (Wildman–Crippen LogP) is 2.58. The summed E-state index contributed by atoms with van der Waals surface area (Å²) in [7, 11) is 0. The Hall–Kier alpha value is -0.240. The topological polar surface area (TPSA) is 38.0 Å². The van der Waals surface area contributed by atoms with Gasteiger partial charge in [-0.15, -0.1) is 23.7 Å². The van der Waals surface area contributed by atoms with Crippen molar-refractivity contribution in [1.29, 1.82) is 0 Å². The van der Waals surface area contributed by atoms with E-state index in [1.165, 1.54) is 11.3 Å². The first-order valence-corrected chi connectivity index (χ1v) is 5.10. The molecular formula is C8H8Cl2N2S. The van der Waals surface area contributed by atoms with E-state index in [4.69, 9.17) is 35.5 Å². The van der Waals surface area contributed by atoms with Gasteiger partial charge in [0.1, 0.15) is 0 Å². The van der Waals surface area contributed by atoms with E-state index in [0.717, 1.165) is 5.56 Å². The summed E-state index contributed by atoms with van der Waals surface area (Å²) in [6.07, 6.45) is 5.67. The van der Waals surface area contributed by atoms with Crippen molar-refractivity contribution < 1.29 is 0 Å². The van der Waals surface area contributed by atoms with Crippen molar-refractivity contribution in [3.63, 3.8) is 0 Å². The third-order valence-corrected chi connectivity index (χ3v) is 3.10. The molecule has 2 nitrogen and oxygen atoms in total. The molecule has 0 saturated heterocycles. The lowest BCUT2D eigenvalue weighted by molar-refractivity contribution is 0.570. The van der Waals surface area contributed by atoms with Crippen molar-refractivity contribution in [2.24, 2.45) is 5.84 Å². The number of halogens is 2. The van der Waals surface area contributed by atoms with Crippen LogP contribution in [0.15, 0.2) is 6.07 Å². The molecule has 1 unspecified atom stereocenters. The molecule has 1 heterocycles. The zero-order valence-corrected chi connectivity index (χ0v) is 9.01. The highest BCUT2D eigenvalue weighted by atomic mass is 35.5. The molecule has 0 saturated carbocycles. The van der Waals surface area contributed by atoms with Crippen molar-refractivity contribution in [2.45, 2.75) is 12.5 Å². The number of nitrogens with one attached hydrogen (secondary N) is 1. The number of terminal acetylenes is 1. The van der Waals surface area contributed by atoms with Gasteiger partial charge in [0.25, 0.3) is 0 Å². The molecule has 13 heavy (non-hydrogen) atoms. The van der Waals surface area contributed by atoms with Crippen LogP contribution in [-0.2, 0) is 0 Å². The molecule has 1 rings (SSSR count). The largest absolute Gasteiger partial charge is 0.271 e. The number of thiophene rings is 1. The molecule has 0 amide bonds. The van der Waals surface area contributed by atoms with Gasteiger partial charge in [-0.25, -0.2) is 0 Å². The summed E-state index contributed by atoms with van der Waals surface area (Å²) in [5.41, 5.74) is 3.45. The van der Waals surface area contributed by atoms with Crippen LogP contribution in [0, 0.1) is 12.3 Å². The minimum atomic E-state index is -0.124. The van der Waals surface area contributed by atoms with Gasteiger partial charge in [-0.05, 0) is 6.07 Å². The van der Waals surface area contributed by atoms with Crippen molar-refractivity contribution in [3.8, 4) is 12.3 Å². The van der Waals surface area contributed by atoms with E-state index in [9.17, 15) is 0 Å². The van der Waals surface area contributed by atoms with Crippen LogP contribution < -0.4 is 11.3 Å². The maximum Gasteiger partial charge on any atom is 0.0992 e. The van der Waals surface area contributed by atoms with Crippen molar-refractivity contribution in [2.75, 3.05) is 0 Å². The molecular weight excluding hydrogens is 227 g/mol. The van der Waals surface area contributed by atoms with E-state index in [2.05, 4.69) is 11.3 Å². The van der Waals surface area contributed by atoms with Crippen molar-refractivity contribution >= 4 is 34.5 Å². The molecule has 1 aromatic rings. The van der Waals surface area contributed by atoms with Crippen LogP contribution in [-0.4, -0.2) is 0 Å². The number of hydrazine groups is 1. The molecule has 0 aliphatic heterocycles. The molecule has 0 fully saturated rings. The summed E-state index contributed by atoms with van der Waals surface area (Å²) in [5, 5.41) is 0. The van der Waals surface area contributed by atoms with Gasteiger partial charge in [0.15, 0.2) is 0 Å². The van der Waals surface area contributed by atoms with Crippen molar-refractivity contribution in [1.82, 2.24) is 5.43 Å². The molecule has 3 N–H and O–H groups in total. The molecule has 1 atom stereocenters. The normalized spacial score (nSPS) is 12.5. The third kappa shape index (κ3) is 2.60. The van der Waals surface area contributed by atoms with E-state index in [1.807, 2.05) is 0 Å². The van der Waals surface area contributed by atoms with E-state index in [1.54, 1.807) is 6.07 Å². The maximum absolute atomic E-state index is 5.92. The number of hydrogen-bond donors (Lipinski definition) is 2. The standard InChI is InChI=1S/C8H8Cl2N2S/c1-2-3-6(12-11)5-4-7(9)13-8(5)10/h1,4,6,12H,3,11H2. The lowest BCUT2D eigenvalue weighted by atomic mass is 10.1. The monoisotopic (exact) mass is 234 g/mol. The van der Waals surface area contributed by atoms with Gasteiger partial charge >= 0.3 is 0 Å². The molecule has 70 valence electrons. The number of hydrogen-bond acceptors (Lipinski definition) is 3. The highest BCUT2D eigenvalue weighted by molar-refractivity contribution is 7.20.